The number of hydrogen-bond donors (Lipinski definition) is 7. The predicted octanol–water partition coefficient (Wildman–Crippen LogP) is 1.06. The van der Waals surface area contributed by atoms with Crippen molar-refractivity contribution in [3.63, 3.8) is 0 Å². The van der Waals surface area contributed by atoms with Crippen molar-refractivity contribution in [2.45, 2.75) is 60.0 Å². The molecule has 0 radical (unpaired) electrons. The van der Waals surface area contributed by atoms with Crippen LogP contribution in [0.3, 0.4) is 0 Å². The van der Waals surface area contributed by atoms with Crippen molar-refractivity contribution in [3.8, 4) is 17.2 Å². The van der Waals surface area contributed by atoms with Crippen LogP contribution >= 0.6 is 0 Å². The molecule has 0 bridgehead atoms. The van der Waals surface area contributed by atoms with Gasteiger partial charge in [0.15, 0.2) is 0 Å². The van der Waals surface area contributed by atoms with Gasteiger partial charge in [-0.05, 0) is 20.8 Å². The molecule has 0 unspecified atom stereocenters. The highest BCUT2D eigenvalue weighted by Gasteiger charge is 2.23. The van der Waals surface area contributed by atoms with Crippen LogP contribution < -0.4 is 0 Å². The molecule has 0 spiro atoms. The third-order valence-electron chi connectivity index (χ3n) is 6.05. The topological polar surface area (TPSA) is 180 Å². The molecule has 0 fully saturated rings. The second-order valence-electron chi connectivity index (χ2n) is 8.08. The number of rotatable bonds is 8. The lowest BCUT2D eigenvalue weighted by Gasteiger charge is -2.20. The van der Waals surface area contributed by atoms with Crippen LogP contribution in [0.15, 0.2) is 6.20 Å². The lowest BCUT2D eigenvalue weighted by atomic mass is 9.92. The molecule has 34 heavy (non-hydrogen) atoms. The first kappa shape index (κ1) is 25.3. The minimum absolute atomic E-state index is 0.0175. The van der Waals surface area contributed by atoms with Crippen LogP contribution in [0.5, 0.6) is 17.2 Å². The second-order valence-corrected chi connectivity index (χ2v) is 8.08. The molecule has 3 rings (SSSR count). The lowest BCUT2D eigenvalue weighted by molar-refractivity contribution is 0.253. The first-order valence-corrected chi connectivity index (χ1v) is 10.7. The van der Waals surface area contributed by atoms with Crippen LogP contribution in [0.4, 0.5) is 0 Å². The molecule has 182 valence electrons. The minimum Gasteiger partial charge on any atom is -0.506 e. The number of pyridine rings is 3. The van der Waals surface area contributed by atoms with Crippen molar-refractivity contribution in [2.24, 2.45) is 0 Å². The molecule has 0 atom stereocenters. The molecule has 0 saturated heterocycles. The Bertz CT molecular complexity index is 1230. The van der Waals surface area contributed by atoms with Gasteiger partial charge in [-0.15, -0.1) is 0 Å². The van der Waals surface area contributed by atoms with Crippen LogP contribution in [0.1, 0.15) is 61.9 Å². The van der Waals surface area contributed by atoms with Gasteiger partial charge in [0.25, 0.3) is 0 Å². The van der Waals surface area contributed by atoms with E-state index in [4.69, 9.17) is 0 Å². The average molecular weight is 472 g/mol. The lowest BCUT2D eigenvalue weighted by Crippen LogP contribution is -2.12. The van der Waals surface area contributed by atoms with E-state index in [-0.39, 0.29) is 59.2 Å². The standard InChI is InChI=1S/C24H29N3O7/c1-11-22(32)15(14(7-28)6-25-11)4-20-17(8-29)16(23(33)12(2)26-20)5-21-18(9-30)19(10-31)24(34)13(3)27-21/h6,28-34H,4-5,7-10H2,1-3H3. The first-order valence-electron chi connectivity index (χ1n) is 10.7. The van der Waals surface area contributed by atoms with E-state index in [1.807, 2.05) is 0 Å². The van der Waals surface area contributed by atoms with Crippen LogP contribution in [0, 0.1) is 20.8 Å². The number of aryl methyl sites for hydroxylation is 3. The Morgan fingerprint density at radius 2 is 1.00 bits per heavy atom. The molecule has 3 heterocycles. The third-order valence-corrected chi connectivity index (χ3v) is 6.05. The van der Waals surface area contributed by atoms with E-state index in [1.54, 1.807) is 20.8 Å². The summed E-state index contributed by atoms with van der Waals surface area (Å²) < 4.78 is 0. The zero-order chi connectivity index (χ0) is 25.2. The Morgan fingerprint density at radius 1 is 0.559 bits per heavy atom. The molecule has 0 aliphatic rings. The highest BCUT2D eigenvalue weighted by Crippen LogP contribution is 2.35. The highest BCUT2D eigenvalue weighted by atomic mass is 16.3. The van der Waals surface area contributed by atoms with Crippen LogP contribution in [0.2, 0.25) is 0 Å². The fourth-order valence-corrected chi connectivity index (χ4v) is 4.10. The molecule has 0 aliphatic heterocycles. The van der Waals surface area contributed by atoms with Gasteiger partial charge in [0.1, 0.15) is 17.2 Å². The molecule has 10 nitrogen and oxygen atoms in total. The van der Waals surface area contributed by atoms with E-state index < -0.39 is 19.8 Å². The van der Waals surface area contributed by atoms with Crippen LogP contribution in [0.25, 0.3) is 0 Å². The van der Waals surface area contributed by atoms with Crippen molar-refractivity contribution in [1.29, 1.82) is 0 Å². The van der Waals surface area contributed by atoms with E-state index in [1.165, 1.54) is 6.20 Å². The molecule has 10 heteroatoms. The van der Waals surface area contributed by atoms with Gasteiger partial charge >= 0.3 is 0 Å². The number of hydrogen-bond acceptors (Lipinski definition) is 10. The predicted molar refractivity (Wildman–Crippen MR) is 121 cm³/mol. The molecule has 0 saturated carbocycles. The van der Waals surface area contributed by atoms with Gasteiger partial charge in [0, 0.05) is 52.4 Å². The zero-order valence-electron chi connectivity index (χ0n) is 19.3. The van der Waals surface area contributed by atoms with Gasteiger partial charge in [-0.1, -0.05) is 0 Å². The molecule has 0 amide bonds. The number of aliphatic hydroxyl groups is 4. The highest BCUT2D eigenvalue weighted by molar-refractivity contribution is 5.52. The van der Waals surface area contributed by atoms with Crippen molar-refractivity contribution < 1.29 is 35.7 Å². The van der Waals surface area contributed by atoms with Crippen molar-refractivity contribution in [2.75, 3.05) is 0 Å². The van der Waals surface area contributed by atoms with Gasteiger partial charge in [-0.3, -0.25) is 15.0 Å². The summed E-state index contributed by atoms with van der Waals surface area (Å²) in [6, 6.07) is 0. The zero-order valence-corrected chi connectivity index (χ0v) is 19.3. The number of nitrogens with zero attached hydrogens (tertiary/aromatic N) is 3. The minimum atomic E-state index is -0.512. The van der Waals surface area contributed by atoms with Gasteiger partial charge in [-0.25, -0.2) is 0 Å². The summed E-state index contributed by atoms with van der Waals surface area (Å²) in [6.45, 7) is 2.93. The average Bonchev–Trinajstić information content (AvgIpc) is 2.82. The van der Waals surface area contributed by atoms with Crippen molar-refractivity contribution in [3.05, 3.63) is 68.0 Å². The van der Waals surface area contributed by atoms with E-state index in [9.17, 15) is 35.7 Å². The Morgan fingerprint density at radius 3 is 1.50 bits per heavy atom. The number of aliphatic hydroxyl groups excluding tert-OH is 4. The molecule has 0 aromatic carbocycles. The molecule has 3 aromatic rings. The molecule has 3 aromatic heterocycles. The fourth-order valence-electron chi connectivity index (χ4n) is 4.10. The maximum atomic E-state index is 10.8. The van der Waals surface area contributed by atoms with Gasteiger partial charge in [0.2, 0.25) is 0 Å². The summed E-state index contributed by atoms with van der Waals surface area (Å²) in [4.78, 5) is 12.8. The van der Waals surface area contributed by atoms with Crippen LogP contribution in [-0.4, -0.2) is 50.7 Å². The maximum absolute atomic E-state index is 10.8. The van der Waals surface area contributed by atoms with Crippen LogP contribution in [-0.2, 0) is 39.3 Å². The molecular formula is C24H29N3O7. The smallest absolute Gasteiger partial charge is 0.142 e. The number of aromatic nitrogens is 3. The summed E-state index contributed by atoms with van der Waals surface area (Å²) in [7, 11) is 0. The number of aromatic hydroxyl groups is 3. The van der Waals surface area contributed by atoms with E-state index in [2.05, 4.69) is 15.0 Å². The summed E-state index contributed by atoms with van der Waals surface area (Å²) in [5.41, 5.74) is 3.42. The van der Waals surface area contributed by atoms with E-state index in [0.29, 0.717) is 39.3 Å². The Hall–Kier alpha value is -3.31. The van der Waals surface area contributed by atoms with E-state index in [0.717, 1.165) is 0 Å². The summed E-state index contributed by atoms with van der Waals surface area (Å²) >= 11 is 0. The Kier molecular flexibility index (Phi) is 7.68. The van der Waals surface area contributed by atoms with Gasteiger partial charge in [-0.2, -0.15) is 0 Å². The third kappa shape index (κ3) is 4.53. The van der Waals surface area contributed by atoms with Gasteiger partial charge in [0.05, 0.1) is 54.9 Å². The summed E-state index contributed by atoms with van der Waals surface area (Å²) in [5, 5.41) is 71.1. The largest absolute Gasteiger partial charge is 0.506 e. The fraction of sp³-hybridized carbons (Fsp3) is 0.375. The van der Waals surface area contributed by atoms with Crippen molar-refractivity contribution >= 4 is 0 Å². The maximum Gasteiger partial charge on any atom is 0.142 e. The summed E-state index contributed by atoms with van der Waals surface area (Å²) in [6.07, 6.45) is 1.51. The first-order chi connectivity index (χ1) is 16.2. The monoisotopic (exact) mass is 471 g/mol. The molecule has 7 N–H and O–H groups in total. The Labute approximate surface area is 196 Å². The SMILES string of the molecule is Cc1ncc(CO)c(Cc2nc(C)c(O)c(Cc3nc(C)c(O)c(CO)c3CO)c2CO)c1O. The normalized spacial score (nSPS) is 11.3. The molecular weight excluding hydrogens is 442 g/mol. The quantitative estimate of drug-likeness (QED) is 0.251. The van der Waals surface area contributed by atoms with Crippen molar-refractivity contribution in [1.82, 2.24) is 15.0 Å². The van der Waals surface area contributed by atoms with E-state index >= 15 is 0 Å². The molecule has 0 aliphatic carbocycles. The second kappa shape index (κ2) is 10.3. The summed E-state index contributed by atoms with van der Waals surface area (Å²) in [5.74, 6) is -0.462. The Balaban J connectivity index is 2.19. The van der Waals surface area contributed by atoms with Gasteiger partial charge < -0.3 is 35.7 Å².